The molecule has 3 fully saturated rings. The SMILES string of the molecule is CCNC(=NCC1(c2ccccc2)CCOCC1)N1CCC2(CCC2)C1. The second-order valence-corrected chi connectivity index (χ2v) is 8.45. The van der Waals surface area contributed by atoms with Crippen LogP contribution in [0.25, 0.3) is 0 Å². The number of benzene rings is 1. The third kappa shape index (κ3) is 3.48. The summed E-state index contributed by atoms with van der Waals surface area (Å²) in [6, 6.07) is 11.0. The summed E-state index contributed by atoms with van der Waals surface area (Å²) in [5.74, 6) is 1.12. The van der Waals surface area contributed by atoms with Crippen molar-refractivity contribution >= 4 is 5.96 Å². The summed E-state index contributed by atoms with van der Waals surface area (Å²) >= 11 is 0. The molecule has 4 heteroatoms. The fourth-order valence-electron chi connectivity index (χ4n) is 4.94. The molecule has 0 radical (unpaired) electrons. The van der Waals surface area contributed by atoms with Gasteiger partial charge in [0.05, 0.1) is 6.54 Å². The maximum Gasteiger partial charge on any atom is 0.193 e. The van der Waals surface area contributed by atoms with Crippen LogP contribution >= 0.6 is 0 Å². The van der Waals surface area contributed by atoms with Gasteiger partial charge in [0.25, 0.3) is 0 Å². The first-order valence-corrected chi connectivity index (χ1v) is 10.4. The van der Waals surface area contributed by atoms with Crippen LogP contribution in [-0.4, -0.2) is 50.3 Å². The molecule has 26 heavy (non-hydrogen) atoms. The van der Waals surface area contributed by atoms with Crippen LogP contribution in [0, 0.1) is 5.41 Å². The van der Waals surface area contributed by atoms with Crippen molar-refractivity contribution < 1.29 is 4.74 Å². The zero-order chi connectivity index (χ0) is 17.9. The highest BCUT2D eigenvalue weighted by molar-refractivity contribution is 5.80. The van der Waals surface area contributed by atoms with Crippen LogP contribution in [0.1, 0.15) is 51.0 Å². The molecule has 0 bridgehead atoms. The van der Waals surface area contributed by atoms with E-state index in [1.807, 2.05) is 0 Å². The molecule has 4 nitrogen and oxygen atoms in total. The van der Waals surface area contributed by atoms with Crippen molar-refractivity contribution in [3.05, 3.63) is 35.9 Å². The molecule has 1 saturated carbocycles. The molecule has 1 aromatic rings. The molecule has 4 rings (SSSR count). The molecule has 1 aromatic carbocycles. The summed E-state index contributed by atoms with van der Waals surface area (Å²) in [5.41, 5.74) is 2.14. The topological polar surface area (TPSA) is 36.9 Å². The molecule has 1 spiro atoms. The fraction of sp³-hybridized carbons (Fsp3) is 0.682. The van der Waals surface area contributed by atoms with E-state index in [9.17, 15) is 0 Å². The first kappa shape index (κ1) is 17.8. The number of guanidine groups is 1. The summed E-state index contributed by atoms with van der Waals surface area (Å²) in [5, 5.41) is 3.56. The molecule has 0 aromatic heterocycles. The molecule has 2 saturated heterocycles. The first-order chi connectivity index (χ1) is 12.8. The van der Waals surface area contributed by atoms with E-state index < -0.39 is 0 Å². The summed E-state index contributed by atoms with van der Waals surface area (Å²) < 4.78 is 5.68. The second-order valence-electron chi connectivity index (χ2n) is 8.45. The lowest BCUT2D eigenvalue weighted by molar-refractivity contribution is 0.0530. The highest BCUT2D eigenvalue weighted by Crippen LogP contribution is 2.48. The van der Waals surface area contributed by atoms with E-state index >= 15 is 0 Å². The van der Waals surface area contributed by atoms with Gasteiger partial charge in [-0.05, 0) is 50.0 Å². The van der Waals surface area contributed by atoms with E-state index in [-0.39, 0.29) is 5.41 Å². The zero-order valence-corrected chi connectivity index (χ0v) is 16.2. The van der Waals surface area contributed by atoms with E-state index in [0.717, 1.165) is 51.6 Å². The van der Waals surface area contributed by atoms with Crippen LogP contribution < -0.4 is 5.32 Å². The Hall–Kier alpha value is -1.55. The van der Waals surface area contributed by atoms with Crippen molar-refractivity contribution in [2.45, 2.75) is 50.9 Å². The highest BCUT2D eigenvalue weighted by Gasteiger charge is 2.43. The van der Waals surface area contributed by atoms with Crippen molar-refractivity contribution in [1.82, 2.24) is 10.2 Å². The number of nitrogens with zero attached hydrogens (tertiary/aromatic N) is 2. The van der Waals surface area contributed by atoms with Crippen LogP contribution in [0.2, 0.25) is 0 Å². The van der Waals surface area contributed by atoms with Gasteiger partial charge < -0.3 is 15.0 Å². The van der Waals surface area contributed by atoms with Crippen molar-refractivity contribution in [2.75, 3.05) is 39.4 Å². The normalized spacial score (nSPS) is 24.5. The van der Waals surface area contributed by atoms with Gasteiger partial charge in [-0.2, -0.15) is 0 Å². The van der Waals surface area contributed by atoms with Crippen molar-refractivity contribution in [3.8, 4) is 0 Å². The Balaban J connectivity index is 1.53. The number of rotatable bonds is 4. The van der Waals surface area contributed by atoms with Crippen molar-refractivity contribution in [3.63, 3.8) is 0 Å². The average molecular weight is 356 g/mol. The summed E-state index contributed by atoms with van der Waals surface area (Å²) in [4.78, 5) is 7.68. The summed E-state index contributed by atoms with van der Waals surface area (Å²) in [6.45, 7) is 8.00. The maximum absolute atomic E-state index is 5.68. The Morgan fingerprint density at radius 3 is 2.50 bits per heavy atom. The lowest BCUT2D eigenvalue weighted by atomic mass is 9.68. The molecule has 3 aliphatic rings. The molecule has 1 aliphatic carbocycles. The van der Waals surface area contributed by atoms with Gasteiger partial charge in [-0.15, -0.1) is 0 Å². The van der Waals surface area contributed by atoms with Crippen LogP contribution in [0.3, 0.4) is 0 Å². The zero-order valence-electron chi connectivity index (χ0n) is 16.2. The minimum atomic E-state index is 0.119. The van der Waals surface area contributed by atoms with Gasteiger partial charge in [0.2, 0.25) is 0 Å². The number of ether oxygens (including phenoxy) is 1. The van der Waals surface area contributed by atoms with Gasteiger partial charge in [-0.25, -0.2) is 0 Å². The van der Waals surface area contributed by atoms with E-state index in [4.69, 9.17) is 9.73 Å². The van der Waals surface area contributed by atoms with Crippen LogP contribution in [0.15, 0.2) is 35.3 Å². The number of hydrogen-bond donors (Lipinski definition) is 1. The number of aliphatic imine (C=N–C) groups is 1. The molecular formula is C22H33N3O. The van der Waals surface area contributed by atoms with E-state index in [0.29, 0.717) is 5.41 Å². The predicted octanol–water partition coefficient (Wildman–Crippen LogP) is 3.58. The molecular weight excluding hydrogens is 322 g/mol. The minimum Gasteiger partial charge on any atom is -0.381 e. The smallest absolute Gasteiger partial charge is 0.193 e. The first-order valence-electron chi connectivity index (χ1n) is 10.4. The maximum atomic E-state index is 5.68. The summed E-state index contributed by atoms with van der Waals surface area (Å²) in [7, 11) is 0. The average Bonchev–Trinajstić information content (AvgIpc) is 3.13. The van der Waals surface area contributed by atoms with Crippen LogP contribution in [0.5, 0.6) is 0 Å². The highest BCUT2D eigenvalue weighted by atomic mass is 16.5. The molecule has 142 valence electrons. The van der Waals surface area contributed by atoms with Crippen LogP contribution in [0.4, 0.5) is 0 Å². The Morgan fingerprint density at radius 1 is 1.12 bits per heavy atom. The number of hydrogen-bond acceptors (Lipinski definition) is 2. The van der Waals surface area contributed by atoms with Gasteiger partial charge in [-0.3, -0.25) is 4.99 Å². The molecule has 0 amide bonds. The quantitative estimate of drug-likeness (QED) is 0.663. The Bertz CT molecular complexity index is 618. The molecule has 2 aliphatic heterocycles. The van der Waals surface area contributed by atoms with E-state index in [1.54, 1.807) is 0 Å². The number of nitrogens with one attached hydrogen (secondary N) is 1. The summed E-state index contributed by atoms with van der Waals surface area (Å²) in [6.07, 6.45) is 7.70. The van der Waals surface area contributed by atoms with E-state index in [2.05, 4.69) is 47.5 Å². The third-order valence-electron chi connectivity index (χ3n) is 6.85. The van der Waals surface area contributed by atoms with Gasteiger partial charge in [0.15, 0.2) is 5.96 Å². The molecule has 0 unspecified atom stereocenters. The largest absolute Gasteiger partial charge is 0.381 e. The minimum absolute atomic E-state index is 0.119. The Labute approximate surface area is 158 Å². The van der Waals surface area contributed by atoms with Crippen LogP contribution in [-0.2, 0) is 10.2 Å². The lowest BCUT2D eigenvalue weighted by Gasteiger charge is -2.39. The van der Waals surface area contributed by atoms with E-state index in [1.165, 1.54) is 37.8 Å². The molecule has 0 atom stereocenters. The Morgan fingerprint density at radius 2 is 1.88 bits per heavy atom. The predicted molar refractivity (Wildman–Crippen MR) is 107 cm³/mol. The van der Waals surface area contributed by atoms with Crippen molar-refractivity contribution in [1.29, 1.82) is 0 Å². The molecule has 1 N–H and O–H groups in total. The van der Waals surface area contributed by atoms with Gasteiger partial charge in [-0.1, -0.05) is 36.8 Å². The van der Waals surface area contributed by atoms with Gasteiger partial charge in [0, 0.05) is 38.3 Å². The van der Waals surface area contributed by atoms with Gasteiger partial charge in [0.1, 0.15) is 0 Å². The fourth-order valence-corrected chi connectivity index (χ4v) is 4.94. The Kier molecular flexibility index (Phi) is 5.21. The lowest BCUT2D eigenvalue weighted by Crippen LogP contribution is -2.44. The second kappa shape index (κ2) is 7.59. The third-order valence-corrected chi connectivity index (χ3v) is 6.85. The van der Waals surface area contributed by atoms with Gasteiger partial charge >= 0.3 is 0 Å². The standard InChI is InChI=1S/C22H33N3O/c1-2-23-20(25-14-11-21(18-25)9-6-10-21)24-17-22(12-15-26-16-13-22)19-7-4-3-5-8-19/h3-5,7-8H,2,6,9-18H2,1H3,(H,23,24). The monoisotopic (exact) mass is 355 g/mol. The van der Waals surface area contributed by atoms with Crippen molar-refractivity contribution in [2.24, 2.45) is 10.4 Å². The number of likely N-dealkylation sites (tertiary alicyclic amines) is 1. The molecule has 2 heterocycles.